The number of hydrogen-bond donors (Lipinski definition) is 0. The van der Waals surface area contributed by atoms with E-state index in [1.165, 1.54) is 6.07 Å². The Balaban J connectivity index is 1.86. The molecule has 1 atom stereocenters. The lowest BCUT2D eigenvalue weighted by Crippen LogP contribution is -2.12. The van der Waals surface area contributed by atoms with E-state index in [-0.39, 0.29) is 5.75 Å². The molecule has 1 aromatic heterocycles. The number of halogens is 3. The molecule has 0 amide bonds. The van der Waals surface area contributed by atoms with Gasteiger partial charge in [-0.1, -0.05) is 36.4 Å². The molecule has 3 aromatic rings. The van der Waals surface area contributed by atoms with Crippen LogP contribution in [0.3, 0.4) is 0 Å². The summed E-state index contributed by atoms with van der Waals surface area (Å²) >= 11 is 0. The largest absolute Gasteiger partial charge is 0.486 e. The molecule has 0 bridgehead atoms. The molecule has 1 heterocycles. The van der Waals surface area contributed by atoms with Gasteiger partial charge in [0.2, 0.25) is 0 Å². The highest BCUT2D eigenvalue weighted by Gasteiger charge is 2.34. The van der Waals surface area contributed by atoms with E-state index in [2.05, 4.69) is 4.98 Å². The third kappa shape index (κ3) is 4.89. The minimum Gasteiger partial charge on any atom is -0.486 e. The first kappa shape index (κ1) is 19.4. The van der Waals surface area contributed by atoms with Crippen molar-refractivity contribution in [1.82, 2.24) is 4.98 Å². The van der Waals surface area contributed by atoms with E-state index in [0.717, 1.165) is 23.3 Å². The summed E-state index contributed by atoms with van der Waals surface area (Å²) in [6.45, 7) is 0. The maximum Gasteiger partial charge on any atom is 0.417 e. The normalized spacial score (nSPS) is 12.2. The first-order valence-electron chi connectivity index (χ1n) is 8.69. The first-order valence-corrected chi connectivity index (χ1v) is 8.69. The van der Waals surface area contributed by atoms with E-state index in [9.17, 15) is 13.2 Å². The number of benzene rings is 2. The van der Waals surface area contributed by atoms with E-state index >= 15 is 0 Å². The number of nitriles is 1. The molecule has 0 radical (unpaired) electrons. The predicted octanol–water partition coefficient (Wildman–Crippen LogP) is 5.72. The lowest BCUT2D eigenvalue weighted by atomic mass is 10.0. The van der Waals surface area contributed by atoms with Crippen LogP contribution in [0.1, 0.15) is 34.8 Å². The van der Waals surface area contributed by atoms with Crippen molar-refractivity contribution in [3.8, 4) is 11.8 Å². The fourth-order valence-corrected chi connectivity index (χ4v) is 2.90. The molecular formula is C22H17F3N2O. The quantitative estimate of drug-likeness (QED) is 0.547. The summed E-state index contributed by atoms with van der Waals surface area (Å²) in [5.41, 5.74) is 0.453. The number of aryl methyl sites for hydroxylation is 1. The molecule has 2 aromatic carbocycles. The first-order chi connectivity index (χ1) is 13.5. The Kier molecular flexibility index (Phi) is 5.95. The van der Waals surface area contributed by atoms with Gasteiger partial charge in [0.15, 0.2) is 0 Å². The van der Waals surface area contributed by atoms with E-state index in [1.54, 1.807) is 24.5 Å². The summed E-state index contributed by atoms with van der Waals surface area (Å²) in [7, 11) is 0. The smallest absolute Gasteiger partial charge is 0.417 e. The van der Waals surface area contributed by atoms with Crippen LogP contribution >= 0.6 is 0 Å². The molecule has 0 saturated heterocycles. The average Bonchev–Trinajstić information content (AvgIpc) is 2.71. The molecule has 3 rings (SSSR count). The molecule has 0 saturated carbocycles. The van der Waals surface area contributed by atoms with Crippen LogP contribution in [0.15, 0.2) is 73.1 Å². The number of aromatic nitrogens is 1. The van der Waals surface area contributed by atoms with Crippen molar-refractivity contribution >= 4 is 0 Å². The van der Waals surface area contributed by atoms with Gasteiger partial charge in [-0.15, -0.1) is 0 Å². The topological polar surface area (TPSA) is 45.9 Å². The summed E-state index contributed by atoms with van der Waals surface area (Å²) in [6, 6.07) is 18.3. The Morgan fingerprint density at radius 1 is 1.04 bits per heavy atom. The Labute approximate surface area is 161 Å². The van der Waals surface area contributed by atoms with Crippen molar-refractivity contribution in [3.63, 3.8) is 0 Å². The molecule has 3 nitrogen and oxygen atoms in total. The van der Waals surface area contributed by atoms with Crippen LogP contribution in [0.2, 0.25) is 0 Å². The van der Waals surface area contributed by atoms with Gasteiger partial charge in [-0.3, -0.25) is 4.98 Å². The van der Waals surface area contributed by atoms with Gasteiger partial charge < -0.3 is 4.74 Å². The van der Waals surface area contributed by atoms with E-state index in [0.29, 0.717) is 12.8 Å². The summed E-state index contributed by atoms with van der Waals surface area (Å²) in [5.74, 6) is 0.0632. The zero-order valence-electron chi connectivity index (χ0n) is 14.9. The SMILES string of the molecule is N#Cc1ccc(OC(CCc2ccccc2)c2cccnc2)cc1C(F)(F)F. The maximum absolute atomic E-state index is 13.2. The molecule has 142 valence electrons. The number of pyridine rings is 1. The highest BCUT2D eigenvalue weighted by Crippen LogP contribution is 2.35. The molecule has 0 N–H and O–H groups in total. The van der Waals surface area contributed by atoms with Crippen LogP contribution in [0.5, 0.6) is 5.75 Å². The number of nitrogens with zero attached hydrogens (tertiary/aromatic N) is 2. The average molecular weight is 382 g/mol. The Morgan fingerprint density at radius 3 is 2.46 bits per heavy atom. The highest BCUT2D eigenvalue weighted by atomic mass is 19.4. The van der Waals surface area contributed by atoms with Crippen LogP contribution in [0.4, 0.5) is 13.2 Å². The van der Waals surface area contributed by atoms with Crippen LogP contribution in [-0.2, 0) is 12.6 Å². The summed E-state index contributed by atoms with van der Waals surface area (Å²) < 4.78 is 45.6. The van der Waals surface area contributed by atoms with Gasteiger partial charge in [-0.05, 0) is 42.7 Å². The third-order valence-corrected chi connectivity index (χ3v) is 4.29. The van der Waals surface area contributed by atoms with Crippen LogP contribution in [-0.4, -0.2) is 4.98 Å². The number of alkyl halides is 3. The Bertz CT molecular complexity index is 951. The summed E-state index contributed by atoms with van der Waals surface area (Å²) in [6.07, 6.45) is -0.563. The van der Waals surface area contributed by atoms with Gasteiger partial charge in [-0.2, -0.15) is 18.4 Å². The molecule has 0 aliphatic heterocycles. The molecule has 28 heavy (non-hydrogen) atoms. The number of ether oxygens (including phenoxy) is 1. The predicted molar refractivity (Wildman–Crippen MR) is 98.5 cm³/mol. The van der Waals surface area contributed by atoms with Crippen LogP contribution in [0.25, 0.3) is 0 Å². The van der Waals surface area contributed by atoms with Crippen molar-refractivity contribution in [1.29, 1.82) is 5.26 Å². The fourth-order valence-electron chi connectivity index (χ4n) is 2.90. The van der Waals surface area contributed by atoms with E-state index < -0.39 is 23.4 Å². The molecule has 0 fully saturated rings. The number of rotatable bonds is 6. The lowest BCUT2D eigenvalue weighted by molar-refractivity contribution is -0.137. The number of hydrogen-bond acceptors (Lipinski definition) is 3. The Morgan fingerprint density at radius 2 is 1.82 bits per heavy atom. The molecule has 0 aliphatic rings. The van der Waals surface area contributed by atoms with E-state index in [1.807, 2.05) is 36.4 Å². The van der Waals surface area contributed by atoms with Crippen molar-refractivity contribution in [2.75, 3.05) is 0 Å². The van der Waals surface area contributed by atoms with Crippen molar-refractivity contribution < 1.29 is 17.9 Å². The molecular weight excluding hydrogens is 365 g/mol. The van der Waals surface area contributed by atoms with Gasteiger partial charge in [0.25, 0.3) is 0 Å². The van der Waals surface area contributed by atoms with Crippen molar-refractivity contribution in [2.45, 2.75) is 25.1 Å². The second kappa shape index (κ2) is 8.57. The fraction of sp³-hybridized carbons (Fsp3) is 0.182. The molecule has 1 unspecified atom stereocenters. The Hall–Kier alpha value is -3.33. The van der Waals surface area contributed by atoms with Crippen molar-refractivity contribution in [3.05, 3.63) is 95.3 Å². The standard InChI is InChI=1S/C22H17F3N2O/c23-22(24,25)20-13-19(10-9-17(20)14-26)28-21(18-7-4-12-27-15-18)11-8-16-5-2-1-3-6-16/h1-7,9-10,12-13,15,21H,8,11H2. The van der Waals surface area contributed by atoms with Gasteiger partial charge in [0.05, 0.1) is 17.2 Å². The van der Waals surface area contributed by atoms with Crippen molar-refractivity contribution in [2.24, 2.45) is 0 Å². The van der Waals surface area contributed by atoms with E-state index in [4.69, 9.17) is 10.00 Å². The van der Waals surface area contributed by atoms with Crippen LogP contribution in [0, 0.1) is 11.3 Å². The maximum atomic E-state index is 13.2. The highest BCUT2D eigenvalue weighted by molar-refractivity contribution is 5.44. The lowest BCUT2D eigenvalue weighted by Gasteiger charge is -2.20. The minimum atomic E-state index is -4.63. The summed E-state index contributed by atoms with van der Waals surface area (Å²) in [5, 5.41) is 8.94. The molecule has 0 spiro atoms. The van der Waals surface area contributed by atoms with Gasteiger partial charge >= 0.3 is 6.18 Å². The third-order valence-electron chi connectivity index (χ3n) is 4.29. The molecule has 6 heteroatoms. The van der Waals surface area contributed by atoms with Gasteiger partial charge in [-0.25, -0.2) is 0 Å². The van der Waals surface area contributed by atoms with Gasteiger partial charge in [0, 0.05) is 18.0 Å². The second-order valence-electron chi connectivity index (χ2n) is 6.23. The minimum absolute atomic E-state index is 0.0632. The van der Waals surface area contributed by atoms with Crippen LogP contribution < -0.4 is 4.74 Å². The molecule has 0 aliphatic carbocycles. The monoisotopic (exact) mass is 382 g/mol. The zero-order valence-corrected chi connectivity index (χ0v) is 14.9. The second-order valence-corrected chi connectivity index (χ2v) is 6.23. The summed E-state index contributed by atoms with van der Waals surface area (Å²) in [4.78, 5) is 4.08. The zero-order chi connectivity index (χ0) is 20.0. The van der Waals surface area contributed by atoms with Gasteiger partial charge in [0.1, 0.15) is 11.9 Å².